The summed E-state index contributed by atoms with van der Waals surface area (Å²) in [5.74, 6) is -1.22. The summed E-state index contributed by atoms with van der Waals surface area (Å²) >= 11 is 0. The Labute approximate surface area is 120 Å². The highest BCUT2D eigenvalue weighted by Gasteiger charge is 2.39. The number of urea groups is 1. The summed E-state index contributed by atoms with van der Waals surface area (Å²) in [6.07, 6.45) is 4.86. The van der Waals surface area contributed by atoms with Gasteiger partial charge in [0.1, 0.15) is 0 Å². The molecule has 0 spiro atoms. The van der Waals surface area contributed by atoms with Gasteiger partial charge in [-0.3, -0.25) is 4.79 Å². The van der Waals surface area contributed by atoms with Gasteiger partial charge in [-0.15, -0.1) is 0 Å². The van der Waals surface area contributed by atoms with Gasteiger partial charge in [0.15, 0.2) is 0 Å². The van der Waals surface area contributed by atoms with Crippen molar-refractivity contribution in [2.75, 3.05) is 33.7 Å². The molecule has 2 aliphatic rings. The van der Waals surface area contributed by atoms with Crippen LogP contribution in [-0.4, -0.2) is 66.2 Å². The highest BCUT2D eigenvalue weighted by molar-refractivity contribution is 5.76. The number of likely N-dealkylation sites (tertiary alicyclic amines) is 1. The third-order valence-electron chi connectivity index (χ3n) is 4.86. The molecule has 1 heterocycles. The van der Waals surface area contributed by atoms with Gasteiger partial charge < -0.3 is 20.2 Å². The van der Waals surface area contributed by atoms with Crippen molar-refractivity contribution in [1.82, 2.24) is 15.1 Å². The number of piperidine rings is 1. The Morgan fingerprint density at radius 1 is 1.35 bits per heavy atom. The number of nitrogens with one attached hydrogen (secondary N) is 1. The minimum Gasteiger partial charge on any atom is -0.481 e. The molecule has 6 heteroatoms. The van der Waals surface area contributed by atoms with Gasteiger partial charge in [-0.1, -0.05) is 0 Å². The van der Waals surface area contributed by atoms with Crippen molar-refractivity contribution in [1.29, 1.82) is 0 Å². The summed E-state index contributed by atoms with van der Waals surface area (Å²) in [4.78, 5) is 27.0. The highest BCUT2D eigenvalue weighted by atomic mass is 16.4. The van der Waals surface area contributed by atoms with Crippen LogP contribution in [0.2, 0.25) is 0 Å². The molecule has 0 aromatic rings. The Hall–Kier alpha value is -1.30. The minimum atomic E-state index is -0.800. The van der Waals surface area contributed by atoms with E-state index in [-0.39, 0.29) is 11.6 Å². The number of hydrogen-bond donors (Lipinski definition) is 2. The van der Waals surface area contributed by atoms with E-state index in [0.29, 0.717) is 26.1 Å². The predicted molar refractivity (Wildman–Crippen MR) is 75.6 cm³/mol. The van der Waals surface area contributed by atoms with E-state index in [1.807, 2.05) is 14.1 Å². The Morgan fingerprint density at radius 2 is 2.05 bits per heavy atom. The highest BCUT2D eigenvalue weighted by Crippen LogP contribution is 2.35. The molecule has 0 radical (unpaired) electrons. The van der Waals surface area contributed by atoms with Crippen LogP contribution in [0.1, 0.15) is 32.1 Å². The Morgan fingerprint density at radius 3 is 2.55 bits per heavy atom. The van der Waals surface area contributed by atoms with Crippen molar-refractivity contribution < 1.29 is 14.7 Å². The zero-order chi connectivity index (χ0) is 14.8. The number of amides is 2. The van der Waals surface area contributed by atoms with Crippen molar-refractivity contribution in [3.63, 3.8) is 0 Å². The van der Waals surface area contributed by atoms with E-state index in [9.17, 15) is 9.59 Å². The molecule has 2 amide bonds. The third kappa shape index (κ3) is 3.06. The lowest BCUT2D eigenvalue weighted by Gasteiger charge is -2.47. The molecule has 2 rings (SSSR count). The Kier molecular flexibility index (Phi) is 4.52. The standard InChI is InChI=1S/C14H25N3O3/c1-16(2)14(6-4-7-14)10-15-13(20)17-8-3-5-11(9-17)12(18)19/h11H,3-10H2,1-2H3,(H,15,20)(H,18,19). The minimum absolute atomic E-state index is 0.0949. The first-order valence-electron chi connectivity index (χ1n) is 7.38. The molecule has 114 valence electrons. The van der Waals surface area contributed by atoms with Crippen molar-refractivity contribution in [3.8, 4) is 0 Å². The van der Waals surface area contributed by atoms with Crippen LogP contribution in [0.25, 0.3) is 0 Å². The zero-order valence-corrected chi connectivity index (χ0v) is 12.4. The average molecular weight is 283 g/mol. The summed E-state index contributed by atoms with van der Waals surface area (Å²) in [5, 5.41) is 12.0. The van der Waals surface area contributed by atoms with E-state index in [1.165, 1.54) is 6.42 Å². The number of carbonyl (C=O) groups excluding carboxylic acids is 1. The molecule has 1 saturated heterocycles. The van der Waals surface area contributed by atoms with E-state index in [1.54, 1.807) is 4.90 Å². The van der Waals surface area contributed by atoms with Crippen LogP contribution >= 0.6 is 0 Å². The molecule has 1 aliphatic carbocycles. The summed E-state index contributed by atoms with van der Waals surface area (Å²) in [7, 11) is 4.10. The second-order valence-electron chi connectivity index (χ2n) is 6.25. The quantitative estimate of drug-likeness (QED) is 0.806. The molecule has 2 N–H and O–H groups in total. The van der Waals surface area contributed by atoms with Gasteiger partial charge in [-0.05, 0) is 46.2 Å². The van der Waals surface area contributed by atoms with E-state index >= 15 is 0 Å². The maximum absolute atomic E-state index is 12.2. The van der Waals surface area contributed by atoms with Crippen LogP contribution in [0, 0.1) is 5.92 Å². The number of carbonyl (C=O) groups is 2. The van der Waals surface area contributed by atoms with Gasteiger partial charge in [0.05, 0.1) is 5.92 Å². The van der Waals surface area contributed by atoms with Gasteiger partial charge in [0.25, 0.3) is 0 Å². The predicted octanol–water partition coefficient (Wildman–Crippen LogP) is 0.977. The zero-order valence-electron chi connectivity index (χ0n) is 12.4. The first kappa shape index (κ1) is 15.1. The van der Waals surface area contributed by atoms with Crippen LogP contribution in [0.5, 0.6) is 0 Å². The number of nitrogens with zero attached hydrogens (tertiary/aromatic N) is 2. The second-order valence-corrected chi connectivity index (χ2v) is 6.25. The SMILES string of the molecule is CN(C)C1(CNC(=O)N2CCCC(C(=O)O)C2)CCC1. The maximum atomic E-state index is 12.2. The van der Waals surface area contributed by atoms with E-state index < -0.39 is 11.9 Å². The molecule has 1 unspecified atom stereocenters. The molecule has 0 aromatic carbocycles. The first-order chi connectivity index (χ1) is 9.44. The summed E-state index contributed by atoms with van der Waals surface area (Å²) in [5.41, 5.74) is 0.0949. The molecule has 0 aromatic heterocycles. The number of rotatable bonds is 4. The summed E-state index contributed by atoms with van der Waals surface area (Å²) in [6, 6.07) is -0.121. The molecule has 1 aliphatic heterocycles. The number of hydrogen-bond acceptors (Lipinski definition) is 3. The monoisotopic (exact) mass is 283 g/mol. The van der Waals surface area contributed by atoms with Gasteiger partial charge >= 0.3 is 12.0 Å². The fourth-order valence-corrected chi connectivity index (χ4v) is 3.08. The van der Waals surface area contributed by atoms with Crippen molar-refractivity contribution in [2.45, 2.75) is 37.6 Å². The third-order valence-corrected chi connectivity index (χ3v) is 4.86. The average Bonchev–Trinajstić information content (AvgIpc) is 2.37. The summed E-state index contributed by atoms with van der Waals surface area (Å²) < 4.78 is 0. The van der Waals surface area contributed by atoms with E-state index in [2.05, 4.69) is 10.2 Å². The van der Waals surface area contributed by atoms with Gasteiger partial charge in [0, 0.05) is 25.2 Å². The van der Waals surface area contributed by atoms with Gasteiger partial charge in [-0.2, -0.15) is 0 Å². The molecule has 20 heavy (non-hydrogen) atoms. The number of likely N-dealkylation sites (N-methyl/N-ethyl adjacent to an activating group) is 1. The van der Waals surface area contributed by atoms with Crippen LogP contribution in [-0.2, 0) is 4.79 Å². The smallest absolute Gasteiger partial charge is 0.317 e. The van der Waals surface area contributed by atoms with Gasteiger partial charge in [0.2, 0.25) is 0 Å². The fourth-order valence-electron chi connectivity index (χ4n) is 3.08. The Bertz CT molecular complexity index is 380. The normalized spacial score (nSPS) is 25.1. The summed E-state index contributed by atoms with van der Waals surface area (Å²) in [6.45, 7) is 1.63. The molecule has 1 saturated carbocycles. The number of aliphatic carboxylic acids is 1. The number of carboxylic acid groups (broad SMARTS) is 1. The van der Waals surface area contributed by atoms with Crippen LogP contribution in [0.15, 0.2) is 0 Å². The fraction of sp³-hybridized carbons (Fsp3) is 0.857. The molecule has 2 fully saturated rings. The first-order valence-corrected chi connectivity index (χ1v) is 7.38. The lowest BCUT2D eigenvalue weighted by atomic mass is 9.75. The molecular formula is C14H25N3O3. The molecule has 6 nitrogen and oxygen atoms in total. The van der Waals surface area contributed by atoms with E-state index in [4.69, 9.17) is 5.11 Å². The number of carboxylic acids is 1. The lowest BCUT2D eigenvalue weighted by molar-refractivity contribution is -0.143. The molecular weight excluding hydrogens is 258 g/mol. The maximum Gasteiger partial charge on any atom is 0.317 e. The molecule has 0 bridgehead atoms. The molecule has 1 atom stereocenters. The van der Waals surface area contributed by atoms with E-state index in [0.717, 1.165) is 19.3 Å². The van der Waals surface area contributed by atoms with Crippen molar-refractivity contribution in [2.24, 2.45) is 5.92 Å². The van der Waals surface area contributed by atoms with Crippen LogP contribution in [0.3, 0.4) is 0 Å². The van der Waals surface area contributed by atoms with Crippen molar-refractivity contribution in [3.05, 3.63) is 0 Å². The largest absolute Gasteiger partial charge is 0.481 e. The second kappa shape index (κ2) is 5.99. The van der Waals surface area contributed by atoms with Crippen LogP contribution < -0.4 is 5.32 Å². The topological polar surface area (TPSA) is 72.9 Å². The Balaban J connectivity index is 1.84. The lowest BCUT2D eigenvalue weighted by Crippen LogP contribution is -2.59. The van der Waals surface area contributed by atoms with Crippen LogP contribution in [0.4, 0.5) is 4.79 Å². The van der Waals surface area contributed by atoms with Crippen molar-refractivity contribution >= 4 is 12.0 Å². The van der Waals surface area contributed by atoms with Gasteiger partial charge in [-0.25, -0.2) is 4.79 Å².